The van der Waals surface area contributed by atoms with Gasteiger partial charge in [-0.15, -0.1) is 0 Å². The molecule has 0 unspecified atom stereocenters. The molecule has 3 fully saturated rings. The average molecular weight is 436 g/mol. The highest BCUT2D eigenvalue weighted by molar-refractivity contribution is 5.95. The Hall–Kier alpha value is -3.34. The van der Waals surface area contributed by atoms with E-state index >= 15 is 4.39 Å². The smallest absolute Gasteiger partial charge is 0.309 e. The van der Waals surface area contributed by atoms with Gasteiger partial charge in [-0.25, -0.2) is 18.6 Å². The third-order valence-corrected chi connectivity index (χ3v) is 7.20. The molecule has 3 aromatic heterocycles. The maximum Gasteiger partial charge on any atom is 0.309 e. The van der Waals surface area contributed by atoms with Gasteiger partial charge in [-0.3, -0.25) is 9.78 Å². The van der Waals surface area contributed by atoms with Crippen molar-refractivity contribution in [3.8, 4) is 11.3 Å². The average Bonchev–Trinajstić information content (AvgIpc) is 3.23. The van der Waals surface area contributed by atoms with E-state index in [0.29, 0.717) is 28.9 Å². The van der Waals surface area contributed by atoms with Crippen LogP contribution in [0.2, 0.25) is 0 Å². The molecule has 0 spiro atoms. The number of nitrogens with zero attached hydrogens (tertiary/aromatic N) is 3. The van der Waals surface area contributed by atoms with Gasteiger partial charge in [-0.2, -0.15) is 0 Å². The van der Waals surface area contributed by atoms with Crippen LogP contribution in [0.3, 0.4) is 0 Å². The van der Waals surface area contributed by atoms with E-state index in [2.05, 4.69) is 19.8 Å². The van der Waals surface area contributed by atoms with Gasteiger partial charge in [-0.1, -0.05) is 0 Å². The van der Waals surface area contributed by atoms with Crippen molar-refractivity contribution >= 4 is 22.7 Å². The minimum Gasteiger partial charge on any atom is -0.469 e. The molecule has 2 bridgehead atoms. The number of hydrogen-bond donors (Lipinski definition) is 1. The fourth-order valence-corrected chi connectivity index (χ4v) is 5.71. The lowest BCUT2D eigenvalue weighted by atomic mass is 9.57. The molecule has 0 saturated heterocycles. The molecule has 3 saturated carbocycles. The topological polar surface area (TPSA) is 72.2 Å². The zero-order valence-corrected chi connectivity index (χ0v) is 17.6. The van der Waals surface area contributed by atoms with E-state index in [1.54, 1.807) is 6.20 Å². The van der Waals surface area contributed by atoms with Crippen LogP contribution in [0.15, 0.2) is 24.5 Å². The number of carbonyl (C=O) groups is 1. The molecule has 6 rings (SSSR count). The van der Waals surface area contributed by atoms with Gasteiger partial charge >= 0.3 is 5.97 Å². The summed E-state index contributed by atoms with van der Waals surface area (Å²) in [7, 11) is 1.40. The van der Waals surface area contributed by atoms with E-state index in [9.17, 15) is 9.18 Å². The molecule has 6 nitrogen and oxygen atoms in total. The summed E-state index contributed by atoms with van der Waals surface area (Å²) >= 11 is 0. The maximum atomic E-state index is 15.0. The van der Waals surface area contributed by atoms with Gasteiger partial charge in [0.05, 0.1) is 37.2 Å². The molecule has 164 valence electrons. The molecule has 1 N–H and O–H groups in total. The summed E-state index contributed by atoms with van der Waals surface area (Å²) in [5.74, 6) is -1.04. The number of methoxy groups -OCH3 is 1. The van der Waals surface area contributed by atoms with Crippen LogP contribution in [-0.2, 0) is 16.0 Å². The summed E-state index contributed by atoms with van der Waals surface area (Å²) in [6, 6.07) is 2.50. The minimum atomic E-state index is -0.561. The number of halogens is 2. The minimum absolute atomic E-state index is 0.0473. The summed E-state index contributed by atoms with van der Waals surface area (Å²) in [6.07, 6.45) is 7.03. The van der Waals surface area contributed by atoms with E-state index in [1.165, 1.54) is 19.2 Å². The van der Waals surface area contributed by atoms with Crippen LogP contribution in [0, 0.1) is 41.9 Å². The highest BCUT2D eigenvalue weighted by atomic mass is 19.1. The highest BCUT2D eigenvalue weighted by Gasteiger charge is 2.47. The van der Waals surface area contributed by atoms with Crippen molar-refractivity contribution in [1.29, 1.82) is 0 Å². The third kappa shape index (κ3) is 3.32. The van der Waals surface area contributed by atoms with Crippen molar-refractivity contribution in [1.82, 2.24) is 15.0 Å². The molecule has 0 aromatic carbocycles. The van der Waals surface area contributed by atoms with Crippen LogP contribution in [0.5, 0.6) is 0 Å². The number of esters is 1. The second-order valence-corrected chi connectivity index (χ2v) is 8.74. The quantitative estimate of drug-likeness (QED) is 0.450. The normalized spacial score (nSPS) is 24.4. The van der Waals surface area contributed by atoms with Crippen molar-refractivity contribution in [2.75, 3.05) is 7.11 Å². The number of pyridine rings is 2. The van der Waals surface area contributed by atoms with Crippen LogP contribution < -0.4 is 0 Å². The Morgan fingerprint density at radius 1 is 1.25 bits per heavy atom. The molecule has 8 heteroatoms. The van der Waals surface area contributed by atoms with Crippen molar-refractivity contribution in [3.05, 3.63) is 53.3 Å². The summed E-state index contributed by atoms with van der Waals surface area (Å²) in [5, 5.41) is 0.476. The van der Waals surface area contributed by atoms with Crippen LogP contribution in [0.25, 0.3) is 27.1 Å². The number of carbonyl (C=O) groups excluding carboxylic acids is 1. The standard InChI is InChI=1S/C24H22F2N4O2/c1-27-20-9-18(26)19(8-15-12-3-5-13(6-4-12)21(15)24(31)32-2)30-22(20)17-11-29-23-16(17)7-14(25)10-28-23/h7,9-13,15,21H,3-6,8H2,2H3,(H,28,29)/t12?,13?,15-,21-/m0/s1. The fraction of sp³-hybridized carbons (Fsp3) is 0.417. The lowest BCUT2D eigenvalue weighted by Gasteiger charge is -2.47. The highest BCUT2D eigenvalue weighted by Crippen LogP contribution is 2.50. The van der Waals surface area contributed by atoms with Gasteiger partial charge in [0.2, 0.25) is 5.69 Å². The Morgan fingerprint density at radius 3 is 2.72 bits per heavy atom. The van der Waals surface area contributed by atoms with E-state index < -0.39 is 11.6 Å². The third-order valence-electron chi connectivity index (χ3n) is 7.20. The Labute approximate surface area is 183 Å². The molecule has 0 radical (unpaired) electrons. The summed E-state index contributed by atoms with van der Waals surface area (Å²) in [6.45, 7) is 7.50. The van der Waals surface area contributed by atoms with Crippen LogP contribution in [0.1, 0.15) is 31.4 Å². The summed E-state index contributed by atoms with van der Waals surface area (Å²) in [5.41, 5.74) is 1.50. The first-order valence-corrected chi connectivity index (χ1v) is 10.8. The van der Waals surface area contributed by atoms with E-state index in [4.69, 9.17) is 11.3 Å². The number of H-pyrrole nitrogens is 1. The maximum absolute atomic E-state index is 15.0. The van der Waals surface area contributed by atoms with Crippen LogP contribution in [0.4, 0.5) is 14.5 Å². The SMILES string of the molecule is [C-]#[N+]c1cc(F)c(C[C@H]2C3CCC(CC3)[C@@H]2C(=O)OC)nc1-c1c[nH]c2ncc(F)cc12. The van der Waals surface area contributed by atoms with Crippen molar-refractivity contribution in [2.45, 2.75) is 32.1 Å². The Bertz CT molecular complexity index is 1240. The molecule has 2 atom stereocenters. The molecular formula is C24H22F2N4O2. The predicted octanol–water partition coefficient (Wildman–Crippen LogP) is 5.22. The van der Waals surface area contributed by atoms with Gasteiger partial charge < -0.3 is 9.72 Å². The molecule has 3 aliphatic rings. The summed E-state index contributed by atoms with van der Waals surface area (Å²) in [4.78, 5) is 27.5. The number of aromatic nitrogens is 3. The second kappa shape index (κ2) is 7.97. The van der Waals surface area contributed by atoms with Gasteiger partial charge in [0, 0.05) is 17.1 Å². The van der Waals surface area contributed by atoms with Gasteiger partial charge in [0.15, 0.2) is 0 Å². The first-order valence-electron chi connectivity index (χ1n) is 10.8. The Kier molecular flexibility index (Phi) is 5.12. The van der Waals surface area contributed by atoms with Gasteiger partial charge in [0.1, 0.15) is 17.3 Å². The monoisotopic (exact) mass is 436 g/mol. The van der Waals surface area contributed by atoms with Crippen molar-refractivity contribution < 1.29 is 18.3 Å². The number of hydrogen-bond acceptors (Lipinski definition) is 4. The molecule has 0 amide bonds. The van der Waals surface area contributed by atoms with E-state index in [1.807, 2.05) is 0 Å². The zero-order valence-electron chi connectivity index (χ0n) is 17.6. The Morgan fingerprint density at radius 2 is 2.00 bits per heavy atom. The lowest BCUT2D eigenvalue weighted by molar-refractivity contribution is -0.156. The molecule has 32 heavy (non-hydrogen) atoms. The van der Waals surface area contributed by atoms with Crippen LogP contribution >= 0.6 is 0 Å². The molecular weight excluding hydrogens is 414 g/mol. The molecule has 0 aliphatic heterocycles. The number of fused-ring (bicyclic) bond motifs is 4. The number of rotatable bonds is 4. The van der Waals surface area contributed by atoms with Crippen LogP contribution in [-0.4, -0.2) is 28.0 Å². The van der Waals surface area contributed by atoms with E-state index in [-0.39, 0.29) is 40.8 Å². The lowest BCUT2D eigenvalue weighted by Crippen LogP contribution is -2.45. The van der Waals surface area contributed by atoms with Gasteiger partial charge in [-0.05, 0) is 62.0 Å². The predicted molar refractivity (Wildman–Crippen MR) is 114 cm³/mol. The Balaban J connectivity index is 1.57. The fourth-order valence-electron chi connectivity index (χ4n) is 5.71. The first kappa shape index (κ1) is 20.6. The number of aromatic amines is 1. The molecule has 3 aliphatic carbocycles. The van der Waals surface area contributed by atoms with Gasteiger partial charge in [0.25, 0.3) is 0 Å². The first-order chi connectivity index (χ1) is 15.5. The number of nitrogens with one attached hydrogen (secondary N) is 1. The molecule has 3 heterocycles. The number of ether oxygens (including phenoxy) is 1. The van der Waals surface area contributed by atoms with E-state index in [0.717, 1.165) is 31.9 Å². The largest absolute Gasteiger partial charge is 0.469 e. The van der Waals surface area contributed by atoms with Crippen molar-refractivity contribution in [2.24, 2.45) is 23.7 Å². The molecule has 3 aromatic rings. The van der Waals surface area contributed by atoms with Crippen molar-refractivity contribution in [3.63, 3.8) is 0 Å². The second-order valence-electron chi connectivity index (χ2n) is 8.74. The zero-order chi connectivity index (χ0) is 22.4. The summed E-state index contributed by atoms with van der Waals surface area (Å²) < 4.78 is 33.9.